The van der Waals surface area contributed by atoms with Crippen LogP contribution >= 0.6 is 0 Å². The van der Waals surface area contributed by atoms with Gasteiger partial charge in [-0.2, -0.15) is 0 Å². The molecule has 1 unspecified atom stereocenters. The summed E-state index contributed by atoms with van der Waals surface area (Å²) < 4.78 is 5.11. The maximum Gasteiger partial charge on any atom is 0.232 e. The van der Waals surface area contributed by atoms with Gasteiger partial charge in [0, 0.05) is 24.1 Å². The van der Waals surface area contributed by atoms with Crippen LogP contribution in [0.5, 0.6) is 5.75 Å². The van der Waals surface area contributed by atoms with Crippen molar-refractivity contribution in [3.05, 3.63) is 23.8 Å². The number of rotatable bonds is 3. The van der Waals surface area contributed by atoms with E-state index in [1.54, 1.807) is 32.2 Å². The zero-order valence-electron chi connectivity index (χ0n) is 10.5. The number of nitrogens with two attached hydrogens (primary N) is 1. The van der Waals surface area contributed by atoms with Crippen molar-refractivity contribution in [3.8, 4) is 5.75 Å². The fourth-order valence-electron chi connectivity index (χ4n) is 2.09. The third-order valence-electron chi connectivity index (χ3n) is 3.03. The Balaban J connectivity index is 2.21. The van der Waals surface area contributed by atoms with Gasteiger partial charge >= 0.3 is 0 Å². The predicted molar refractivity (Wildman–Crippen MR) is 66.7 cm³/mol. The number of nitrogens with zero attached hydrogens (tertiary/aromatic N) is 1. The smallest absolute Gasteiger partial charge is 0.232 e. The van der Waals surface area contributed by atoms with E-state index in [9.17, 15) is 9.59 Å². The molecule has 1 saturated heterocycles. The largest absolute Gasteiger partial charge is 0.497 e. The number of hydrogen-bond donors (Lipinski definition) is 1. The average Bonchev–Trinajstić information content (AvgIpc) is 2.55. The summed E-state index contributed by atoms with van der Waals surface area (Å²) in [5.41, 5.74) is 7.08. The van der Waals surface area contributed by atoms with Gasteiger partial charge in [-0.3, -0.25) is 14.5 Å². The monoisotopic (exact) mass is 248 g/mol. The summed E-state index contributed by atoms with van der Waals surface area (Å²) >= 11 is 0. The maximum atomic E-state index is 11.8. The summed E-state index contributed by atoms with van der Waals surface area (Å²) in [6.45, 7) is 2.02. The van der Waals surface area contributed by atoms with Crippen LogP contribution in [0.25, 0.3) is 0 Å². The second kappa shape index (κ2) is 4.68. The number of imide groups is 1. The Hall–Kier alpha value is -2.04. The van der Waals surface area contributed by atoms with E-state index in [-0.39, 0.29) is 30.7 Å². The molecule has 1 aliphatic heterocycles. The van der Waals surface area contributed by atoms with Crippen molar-refractivity contribution in [1.82, 2.24) is 4.90 Å². The van der Waals surface area contributed by atoms with Crippen molar-refractivity contribution < 1.29 is 14.3 Å². The number of anilines is 1. The highest BCUT2D eigenvalue weighted by atomic mass is 16.5. The number of nitrogen functional groups attached to an aromatic ring is 1. The van der Waals surface area contributed by atoms with Crippen LogP contribution in [0.4, 0.5) is 5.69 Å². The molecule has 18 heavy (non-hydrogen) atoms. The molecule has 0 saturated carbocycles. The molecule has 1 heterocycles. The van der Waals surface area contributed by atoms with Crippen molar-refractivity contribution in [2.24, 2.45) is 5.92 Å². The Morgan fingerprint density at radius 3 is 2.67 bits per heavy atom. The molecule has 0 bridgehead atoms. The van der Waals surface area contributed by atoms with Crippen LogP contribution in [-0.4, -0.2) is 23.8 Å². The van der Waals surface area contributed by atoms with Crippen LogP contribution in [0, 0.1) is 5.92 Å². The molecule has 2 rings (SSSR count). The Morgan fingerprint density at radius 1 is 1.39 bits per heavy atom. The van der Waals surface area contributed by atoms with Gasteiger partial charge in [-0.25, -0.2) is 0 Å². The third-order valence-corrected chi connectivity index (χ3v) is 3.03. The maximum absolute atomic E-state index is 11.8. The molecule has 5 nitrogen and oxygen atoms in total. The molecule has 0 aromatic heterocycles. The number of methoxy groups -OCH3 is 1. The second-order valence-corrected chi connectivity index (χ2v) is 4.54. The van der Waals surface area contributed by atoms with Crippen LogP contribution in [0.15, 0.2) is 18.2 Å². The van der Waals surface area contributed by atoms with Crippen molar-refractivity contribution in [2.45, 2.75) is 19.9 Å². The van der Waals surface area contributed by atoms with E-state index in [1.165, 1.54) is 4.90 Å². The molecular formula is C13H16N2O3. The Kier molecular flexibility index (Phi) is 3.23. The zero-order valence-corrected chi connectivity index (χ0v) is 10.5. The van der Waals surface area contributed by atoms with Crippen LogP contribution in [-0.2, 0) is 16.1 Å². The van der Waals surface area contributed by atoms with Gasteiger partial charge in [-0.05, 0) is 17.7 Å². The second-order valence-electron chi connectivity index (χ2n) is 4.54. The lowest BCUT2D eigenvalue weighted by Crippen LogP contribution is -2.29. The van der Waals surface area contributed by atoms with E-state index in [1.807, 2.05) is 0 Å². The van der Waals surface area contributed by atoms with Gasteiger partial charge in [0.1, 0.15) is 5.75 Å². The number of ether oxygens (including phenoxy) is 1. The molecular weight excluding hydrogens is 232 g/mol. The average molecular weight is 248 g/mol. The van der Waals surface area contributed by atoms with Crippen molar-refractivity contribution in [1.29, 1.82) is 0 Å². The lowest BCUT2D eigenvalue weighted by molar-refractivity contribution is -0.139. The molecule has 1 aromatic rings. The fraction of sp³-hybridized carbons (Fsp3) is 0.385. The van der Waals surface area contributed by atoms with E-state index < -0.39 is 0 Å². The number of benzene rings is 1. The van der Waals surface area contributed by atoms with E-state index in [4.69, 9.17) is 10.5 Å². The summed E-state index contributed by atoms with van der Waals surface area (Å²) in [5, 5.41) is 0. The molecule has 1 fully saturated rings. The molecule has 5 heteroatoms. The Morgan fingerprint density at radius 2 is 2.11 bits per heavy atom. The molecule has 0 spiro atoms. The highest BCUT2D eigenvalue weighted by Gasteiger charge is 2.35. The van der Waals surface area contributed by atoms with Gasteiger partial charge in [-0.1, -0.05) is 6.92 Å². The first-order chi connectivity index (χ1) is 8.51. The van der Waals surface area contributed by atoms with E-state index >= 15 is 0 Å². The molecule has 2 N–H and O–H groups in total. The van der Waals surface area contributed by atoms with Crippen molar-refractivity contribution in [3.63, 3.8) is 0 Å². The number of carbonyl (C=O) groups excluding carboxylic acids is 2. The van der Waals surface area contributed by atoms with Crippen molar-refractivity contribution >= 4 is 17.5 Å². The van der Waals surface area contributed by atoms with Crippen LogP contribution in [0.2, 0.25) is 0 Å². The quantitative estimate of drug-likeness (QED) is 0.643. The van der Waals surface area contributed by atoms with Crippen LogP contribution in [0.1, 0.15) is 18.9 Å². The minimum Gasteiger partial charge on any atom is -0.497 e. The SMILES string of the molecule is COc1cc(N)cc(CN2C(=O)CC(C)C2=O)c1. The van der Waals surface area contributed by atoms with Gasteiger partial charge in [0.25, 0.3) is 0 Å². The van der Waals surface area contributed by atoms with Crippen LogP contribution < -0.4 is 10.5 Å². The number of carbonyl (C=O) groups is 2. The molecule has 1 aliphatic rings. The summed E-state index contributed by atoms with van der Waals surface area (Å²) in [5.74, 6) is 0.146. The van der Waals surface area contributed by atoms with E-state index in [0.717, 1.165) is 5.56 Å². The summed E-state index contributed by atoms with van der Waals surface area (Å²) in [7, 11) is 1.55. The fourth-order valence-corrected chi connectivity index (χ4v) is 2.09. The predicted octanol–water partition coefficient (Wildman–Crippen LogP) is 1.17. The summed E-state index contributed by atoms with van der Waals surface area (Å²) in [4.78, 5) is 24.8. The van der Waals surface area contributed by atoms with E-state index in [0.29, 0.717) is 11.4 Å². The van der Waals surface area contributed by atoms with Gasteiger partial charge in [0.05, 0.1) is 13.7 Å². The molecule has 96 valence electrons. The molecule has 2 amide bonds. The third kappa shape index (κ3) is 2.30. The van der Waals surface area contributed by atoms with Gasteiger partial charge in [-0.15, -0.1) is 0 Å². The van der Waals surface area contributed by atoms with Gasteiger partial charge < -0.3 is 10.5 Å². The molecule has 1 atom stereocenters. The van der Waals surface area contributed by atoms with Gasteiger partial charge in [0.15, 0.2) is 0 Å². The highest BCUT2D eigenvalue weighted by Crippen LogP contribution is 2.24. The topological polar surface area (TPSA) is 72.6 Å². The van der Waals surface area contributed by atoms with E-state index in [2.05, 4.69) is 0 Å². The number of likely N-dealkylation sites (tertiary alicyclic amines) is 1. The standard InChI is InChI=1S/C13H16N2O3/c1-8-3-12(16)15(13(8)17)7-9-4-10(14)6-11(5-9)18-2/h4-6,8H,3,7,14H2,1-2H3. The number of hydrogen-bond acceptors (Lipinski definition) is 4. The highest BCUT2D eigenvalue weighted by molar-refractivity contribution is 6.03. The van der Waals surface area contributed by atoms with Crippen molar-refractivity contribution in [2.75, 3.05) is 12.8 Å². The lowest BCUT2D eigenvalue weighted by Gasteiger charge is -2.15. The van der Waals surface area contributed by atoms with Crippen LogP contribution in [0.3, 0.4) is 0 Å². The summed E-state index contributed by atoms with van der Waals surface area (Å²) in [6.07, 6.45) is 0.290. The summed E-state index contributed by atoms with van der Waals surface area (Å²) in [6, 6.07) is 5.21. The zero-order chi connectivity index (χ0) is 13.3. The number of amides is 2. The van der Waals surface area contributed by atoms with Gasteiger partial charge in [0.2, 0.25) is 11.8 Å². The Labute approximate surface area is 106 Å². The molecule has 1 aromatic carbocycles. The Bertz CT molecular complexity index is 499. The first-order valence-electron chi connectivity index (χ1n) is 5.79. The minimum atomic E-state index is -0.222. The molecule has 0 aliphatic carbocycles. The molecule has 0 radical (unpaired) electrons. The lowest BCUT2D eigenvalue weighted by atomic mass is 10.1. The first kappa shape index (κ1) is 12.4. The normalized spacial score (nSPS) is 19.4. The first-order valence-corrected chi connectivity index (χ1v) is 5.79. The minimum absolute atomic E-state index is 0.124.